The van der Waals surface area contributed by atoms with Gasteiger partial charge in [-0.05, 0) is 60.4 Å². The maximum atomic E-state index is 14.5. The highest BCUT2D eigenvalue weighted by atomic mass is 19.1. The van der Waals surface area contributed by atoms with Crippen LogP contribution in [0.25, 0.3) is 22.3 Å². The van der Waals surface area contributed by atoms with Gasteiger partial charge in [0.2, 0.25) is 0 Å². The van der Waals surface area contributed by atoms with Crippen molar-refractivity contribution in [1.82, 2.24) is 0 Å². The van der Waals surface area contributed by atoms with Crippen LogP contribution in [0.1, 0.15) is 13.8 Å². The molecule has 0 unspecified atom stereocenters. The second-order valence-corrected chi connectivity index (χ2v) is 8.02. The van der Waals surface area contributed by atoms with Crippen LogP contribution < -0.4 is 9.47 Å². The van der Waals surface area contributed by atoms with Gasteiger partial charge in [0, 0.05) is 11.1 Å². The Labute approximate surface area is 218 Å². The van der Waals surface area contributed by atoms with Crippen LogP contribution in [-0.2, 0) is 19.1 Å². The van der Waals surface area contributed by atoms with Crippen molar-refractivity contribution in [2.45, 2.75) is 13.8 Å². The topological polar surface area (TPSA) is 71.1 Å². The smallest absolute Gasteiger partial charge is 0.338 e. The van der Waals surface area contributed by atoms with Crippen LogP contribution in [-0.4, -0.2) is 11.9 Å². The van der Waals surface area contributed by atoms with Gasteiger partial charge in [0.05, 0.1) is 0 Å². The molecule has 0 amide bonds. The molecular weight excluding hydrogens is 494 g/mol. The molecule has 38 heavy (non-hydrogen) atoms. The standard InChI is InChI=1S/C30H24F2O6/c1-19(2)29(33)37-15-13-35-27-11-9-23(17-25(27)31)21-5-7-22(8-6-21)24-10-12-28(26(32)18-24)36-14-16-38-30(34)20(3)4/h5-18H,1,3H2,2,4H3. The van der Waals surface area contributed by atoms with Crippen molar-refractivity contribution in [2.75, 3.05) is 0 Å². The summed E-state index contributed by atoms with van der Waals surface area (Å²) in [6.07, 6.45) is 4.11. The Balaban J connectivity index is 1.64. The van der Waals surface area contributed by atoms with Crippen LogP contribution in [0, 0.1) is 11.6 Å². The van der Waals surface area contributed by atoms with E-state index in [0.29, 0.717) is 11.1 Å². The fourth-order valence-electron chi connectivity index (χ4n) is 2.99. The van der Waals surface area contributed by atoms with E-state index in [9.17, 15) is 18.4 Å². The zero-order valence-corrected chi connectivity index (χ0v) is 20.7. The Bertz CT molecular complexity index is 1310. The highest BCUT2D eigenvalue weighted by molar-refractivity contribution is 5.87. The minimum Gasteiger partial charge on any atom is -0.459 e. The fourth-order valence-corrected chi connectivity index (χ4v) is 2.99. The maximum absolute atomic E-state index is 14.5. The summed E-state index contributed by atoms with van der Waals surface area (Å²) in [4.78, 5) is 22.6. The Morgan fingerprint density at radius 2 is 0.947 bits per heavy atom. The Hall–Kier alpha value is -4.98. The van der Waals surface area contributed by atoms with Gasteiger partial charge in [-0.3, -0.25) is 0 Å². The van der Waals surface area contributed by atoms with Gasteiger partial charge >= 0.3 is 11.9 Å². The minimum atomic E-state index is -0.618. The van der Waals surface area contributed by atoms with Crippen LogP contribution >= 0.6 is 0 Å². The first-order chi connectivity index (χ1) is 18.2. The molecule has 3 rings (SSSR count). The van der Waals surface area contributed by atoms with Crippen molar-refractivity contribution in [3.05, 3.63) is 122 Å². The van der Waals surface area contributed by atoms with Gasteiger partial charge < -0.3 is 18.9 Å². The average molecular weight is 519 g/mol. The van der Waals surface area contributed by atoms with Crippen molar-refractivity contribution >= 4 is 11.9 Å². The molecule has 6 nitrogen and oxygen atoms in total. The highest BCUT2D eigenvalue weighted by Gasteiger charge is 2.09. The summed E-state index contributed by atoms with van der Waals surface area (Å²) in [5.74, 6) is -2.55. The van der Waals surface area contributed by atoms with E-state index in [0.717, 1.165) is 36.2 Å². The molecule has 3 aromatic rings. The van der Waals surface area contributed by atoms with Gasteiger partial charge in [0.25, 0.3) is 0 Å². The summed E-state index contributed by atoms with van der Waals surface area (Å²) in [6, 6.07) is 16.0. The van der Waals surface area contributed by atoms with Gasteiger partial charge in [-0.1, -0.05) is 49.6 Å². The first-order valence-corrected chi connectivity index (χ1v) is 11.2. The minimum absolute atomic E-state index is 0.0467. The van der Waals surface area contributed by atoms with E-state index in [2.05, 4.69) is 13.2 Å². The number of hydrogen-bond acceptors (Lipinski definition) is 6. The SMILES string of the molecule is C=C(C)C(=O)OC=COc1ccc(-c2ccc(-c3ccc(OC=COC(=O)C(=C)C)c(F)c3)cc2)cc1F. The van der Waals surface area contributed by atoms with E-state index in [1.54, 1.807) is 36.4 Å². The molecule has 0 saturated heterocycles. The van der Waals surface area contributed by atoms with Crippen molar-refractivity contribution in [3.8, 4) is 33.8 Å². The predicted molar refractivity (Wildman–Crippen MR) is 139 cm³/mol. The third kappa shape index (κ3) is 7.51. The third-order valence-electron chi connectivity index (χ3n) is 4.96. The molecule has 0 heterocycles. The molecule has 0 fully saturated rings. The number of rotatable bonds is 10. The third-order valence-corrected chi connectivity index (χ3v) is 4.96. The van der Waals surface area contributed by atoms with Crippen LogP contribution in [0.5, 0.6) is 11.5 Å². The second-order valence-electron chi connectivity index (χ2n) is 8.02. The molecule has 3 aromatic carbocycles. The van der Waals surface area contributed by atoms with Gasteiger partial charge in [-0.15, -0.1) is 0 Å². The Kier molecular flexibility index (Phi) is 9.31. The van der Waals surface area contributed by atoms with Crippen LogP contribution in [0.4, 0.5) is 8.78 Å². The number of carbonyl (C=O) groups is 2. The lowest BCUT2D eigenvalue weighted by atomic mass is 10.00. The molecule has 0 bridgehead atoms. The van der Waals surface area contributed by atoms with Crippen LogP contribution in [0.15, 0.2) is 110 Å². The van der Waals surface area contributed by atoms with Crippen molar-refractivity contribution < 1.29 is 37.3 Å². The zero-order chi connectivity index (χ0) is 27.7. The molecule has 8 heteroatoms. The normalized spacial score (nSPS) is 10.8. The fraction of sp³-hybridized carbons (Fsp3) is 0.0667. The van der Waals surface area contributed by atoms with E-state index in [1.165, 1.54) is 38.1 Å². The van der Waals surface area contributed by atoms with Crippen molar-refractivity contribution in [1.29, 1.82) is 0 Å². The Morgan fingerprint density at radius 1 is 0.605 bits per heavy atom. The van der Waals surface area contributed by atoms with E-state index < -0.39 is 23.6 Å². The lowest BCUT2D eigenvalue weighted by Crippen LogP contribution is -1.99. The quantitative estimate of drug-likeness (QED) is 0.160. The van der Waals surface area contributed by atoms with Gasteiger partial charge in [0.1, 0.15) is 25.0 Å². The summed E-state index contributed by atoms with van der Waals surface area (Å²) < 4.78 is 48.8. The van der Waals surface area contributed by atoms with Crippen LogP contribution in [0.3, 0.4) is 0 Å². The Morgan fingerprint density at radius 3 is 1.26 bits per heavy atom. The van der Waals surface area contributed by atoms with E-state index >= 15 is 0 Å². The lowest BCUT2D eigenvalue weighted by molar-refractivity contribution is -0.134. The molecule has 0 aliphatic heterocycles. The molecule has 194 valence electrons. The number of esters is 2. The largest absolute Gasteiger partial charge is 0.459 e. The number of halogens is 2. The second kappa shape index (κ2) is 12.8. The molecule has 0 aromatic heterocycles. The lowest BCUT2D eigenvalue weighted by Gasteiger charge is -2.08. The number of hydrogen-bond donors (Lipinski definition) is 0. The van der Waals surface area contributed by atoms with Gasteiger partial charge in [-0.25, -0.2) is 18.4 Å². The summed E-state index contributed by atoms with van der Waals surface area (Å²) >= 11 is 0. The van der Waals surface area contributed by atoms with E-state index in [1.807, 2.05) is 0 Å². The molecule has 0 aliphatic rings. The summed E-state index contributed by atoms with van der Waals surface area (Å²) in [6.45, 7) is 9.90. The predicted octanol–water partition coefficient (Wildman–Crippen LogP) is 7.24. The van der Waals surface area contributed by atoms with Gasteiger partial charge in [0.15, 0.2) is 23.1 Å². The summed E-state index contributed by atoms with van der Waals surface area (Å²) in [7, 11) is 0. The van der Waals surface area contributed by atoms with E-state index in [-0.39, 0.29) is 22.6 Å². The molecule has 0 aliphatic carbocycles. The first-order valence-electron chi connectivity index (χ1n) is 11.2. The van der Waals surface area contributed by atoms with E-state index in [4.69, 9.17) is 18.9 Å². The van der Waals surface area contributed by atoms with Crippen molar-refractivity contribution in [3.63, 3.8) is 0 Å². The molecule has 0 radical (unpaired) electrons. The average Bonchev–Trinajstić information content (AvgIpc) is 2.90. The molecular formula is C30H24F2O6. The molecule has 0 N–H and O–H groups in total. The molecule has 0 saturated carbocycles. The number of carbonyl (C=O) groups excluding carboxylic acids is 2. The zero-order valence-electron chi connectivity index (χ0n) is 20.7. The number of benzene rings is 3. The maximum Gasteiger partial charge on any atom is 0.338 e. The monoisotopic (exact) mass is 518 g/mol. The first kappa shape index (κ1) is 27.6. The van der Waals surface area contributed by atoms with Crippen LogP contribution in [0.2, 0.25) is 0 Å². The molecule has 0 atom stereocenters. The number of ether oxygens (including phenoxy) is 4. The van der Waals surface area contributed by atoms with Gasteiger partial charge in [-0.2, -0.15) is 0 Å². The highest BCUT2D eigenvalue weighted by Crippen LogP contribution is 2.30. The summed E-state index contributed by atoms with van der Waals surface area (Å²) in [5.41, 5.74) is 3.13. The molecule has 0 spiro atoms. The van der Waals surface area contributed by atoms with Crippen molar-refractivity contribution in [2.24, 2.45) is 0 Å². The summed E-state index contributed by atoms with van der Waals surface area (Å²) in [5, 5.41) is 0.